The van der Waals surface area contributed by atoms with Crippen LogP contribution in [0.5, 0.6) is 0 Å². The molecule has 0 bridgehead atoms. The third-order valence-electron chi connectivity index (χ3n) is 3.94. The summed E-state index contributed by atoms with van der Waals surface area (Å²) in [6.07, 6.45) is 1.44. The summed E-state index contributed by atoms with van der Waals surface area (Å²) >= 11 is 1.36. The van der Waals surface area contributed by atoms with Gasteiger partial charge in [0.25, 0.3) is 0 Å². The Morgan fingerprint density at radius 3 is 2.69 bits per heavy atom. The van der Waals surface area contributed by atoms with Crippen molar-refractivity contribution in [1.82, 2.24) is 4.98 Å². The predicted molar refractivity (Wildman–Crippen MR) is 95.0 cm³/mol. The first-order chi connectivity index (χ1) is 12.6. The van der Waals surface area contributed by atoms with Crippen molar-refractivity contribution in [3.05, 3.63) is 46.5 Å². The summed E-state index contributed by atoms with van der Waals surface area (Å²) < 4.78 is 9.87. The summed E-state index contributed by atoms with van der Waals surface area (Å²) in [4.78, 5) is 41.1. The van der Waals surface area contributed by atoms with Crippen LogP contribution < -0.4 is 4.90 Å². The second-order valence-corrected chi connectivity index (χ2v) is 6.63. The van der Waals surface area contributed by atoms with Crippen molar-refractivity contribution in [2.45, 2.75) is 25.9 Å². The smallest absolute Gasteiger partial charge is 0.337 e. The molecule has 0 N–H and O–H groups in total. The van der Waals surface area contributed by atoms with E-state index in [9.17, 15) is 14.4 Å². The first kappa shape index (κ1) is 18.1. The predicted octanol–water partition coefficient (Wildman–Crippen LogP) is 2.34. The van der Waals surface area contributed by atoms with E-state index in [1.54, 1.807) is 34.5 Å². The minimum Gasteiger partial charge on any atom is -0.465 e. The molecule has 2 heterocycles. The minimum atomic E-state index is -0.413. The second-order valence-electron chi connectivity index (χ2n) is 5.80. The van der Waals surface area contributed by atoms with E-state index in [-0.39, 0.29) is 18.9 Å². The van der Waals surface area contributed by atoms with Crippen LogP contribution in [-0.2, 0) is 32.1 Å². The molecule has 0 spiro atoms. The fraction of sp³-hybridized carbons (Fsp3) is 0.333. The van der Waals surface area contributed by atoms with Crippen molar-refractivity contribution in [1.29, 1.82) is 0 Å². The van der Waals surface area contributed by atoms with Gasteiger partial charge in [0.1, 0.15) is 6.61 Å². The summed E-state index contributed by atoms with van der Waals surface area (Å²) in [7, 11) is 1.32. The zero-order valence-corrected chi connectivity index (χ0v) is 15.1. The Labute approximate surface area is 154 Å². The lowest BCUT2D eigenvalue weighted by Gasteiger charge is -2.10. The van der Waals surface area contributed by atoms with E-state index in [0.717, 1.165) is 12.0 Å². The van der Waals surface area contributed by atoms with E-state index in [1.807, 2.05) is 0 Å². The van der Waals surface area contributed by atoms with Gasteiger partial charge in [-0.05, 0) is 24.1 Å². The Hall–Kier alpha value is -2.74. The van der Waals surface area contributed by atoms with Crippen molar-refractivity contribution < 1.29 is 23.9 Å². The number of rotatable bonds is 6. The highest BCUT2D eigenvalue weighted by atomic mass is 32.1. The van der Waals surface area contributed by atoms with Crippen LogP contribution in [0.15, 0.2) is 29.6 Å². The van der Waals surface area contributed by atoms with Gasteiger partial charge in [-0.15, -0.1) is 11.3 Å². The third kappa shape index (κ3) is 4.26. The molecule has 0 aliphatic carbocycles. The number of carbonyl (C=O) groups is 3. The van der Waals surface area contributed by atoms with Crippen LogP contribution in [0.25, 0.3) is 0 Å². The van der Waals surface area contributed by atoms with Gasteiger partial charge in [0, 0.05) is 18.3 Å². The third-order valence-corrected chi connectivity index (χ3v) is 4.86. The molecule has 1 aliphatic heterocycles. The molecule has 26 heavy (non-hydrogen) atoms. The zero-order valence-electron chi connectivity index (χ0n) is 14.3. The van der Waals surface area contributed by atoms with Gasteiger partial charge >= 0.3 is 11.9 Å². The molecular weight excluding hydrogens is 356 g/mol. The van der Waals surface area contributed by atoms with Gasteiger partial charge in [-0.25, -0.2) is 9.78 Å². The number of hydrogen-bond acceptors (Lipinski definition) is 7. The Kier molecular flexibility index (Phi) is 5.62. The van der Waals surface area contributed by atoms with Crippen LogP contribution in [0.2, 0.25) is 0 Å². The van der Waals surface area contributed by atoms with E-state index >= 15 is 0 Å². The van der Waals surface area contributed by atoms with Gasteiger partial charge in [0.2, 0.25) is 5.91 Å². The molecule has 136 valence electrons. The molecule has 7 nitrogen and oxygen atoms in total. The molecule has 0 radical (unpaired) electrons. The van der Waals surface area contributed by atoms with Gasteiger partial charge in [-0.3, -0.25) is 14.5 Å². The normalized spacial score (nSPS) is 13.7. The van der Waals surface area contributed by atoms with Gasteiger partial charge in [0.05, 0.1) is 24.8 Å². The number of thiazole rings is 1. The molecule has 0 saturated carbocycles. The average Bonchev–Trinajstić information content (AvgIpc) is 3.28. The quantitative estimate of drug-likeness (QED) is 0.722. The van der Waals surface area contributed by atoms with Crippen molar-refractivity contribution in [3.8, 4) is 0 Å². The van der Waals surface area contributed by atoms with E-state index in [4.69, 9.17) is 4.74 Å². The average molecular weight is 374 g/mol. The number of ether oxygens (including phenoxy) is 2. The van der Waals surface area contributed by atoms with E-state index in [0.29, 0.717) is 29.4 Å². The Bertz CT molecular complexity index is 815. The molecule has 1 saturated heterocycles. The maximum Gasteiger partial charge on any atom is 0.337 e. The van der Waals surface area contributed by atoms with Crippen LogP contribution in [0.1, 0.15) is 34.5 Å². The summed E-state index contributed by atoms with van der Waals surface area (Å²) in [6.45, 7) is 0.791. The molecular formula is C18H18N2O5S. The number of aromatic nitrogens is 1. The first-order valence-electron chi connectivity index (χ1n) is 8.14. The molecule has 1 aliphatic rings. The van der Waals surface area contributed by atoms with Gasteiger partial charge in [-0.1, -0.05) is 12.1 Å². The fourth-order valence-corrected chi connectivity index (χ4v) is 3.44. The standard InChI is InChI=1S/C18H18N2O5S/c1-24-17(23)13-6-4-12(5-7-13)10-25-16(22)9-14-11-26-18(19-14)20-8-2-3-15(20)21/h4-7,11H,2-3,8-10H2,1H3. The minimum absolute atomic E-state index is 0.0543. The number of benzene rings is 1. The van der Waals surface area contributed by atoms with Crippen LogP contribution >= 0.6 is 11.3 Å². The van der Waals surface area contributed by atoms with Crippen LogP contribution in [0.4, 0.5) is 5.13 Å². The SMILES string of the molecule is COC(=O)c1ccc(COC(=O)Cc2csc(N3CCCC3=O)n2)cc1. The van der Waals surface area contributed by atoms with Gasteiger partial charge in [0.15, 0.2) is 5.13 Å². The fourth-order valence-electron chi connectivity index (χ4n) is 2.57. The Morgan fingerprint density at radius 2 is 2.04 bits per heavy atom. The molecule has 1 amide bonds. The lowest BCUT2D eigenvalue weighted by molar-refractivity contribution is -0.144. The number of methoxy groups -OCH3 is 1. The number of anilines is 1. The highest BCUT2D eigenvalue weighted by molar-refractivity contribution is 7.14. The molecule has 8 heteroatoms. The van der Waals surface area contributed by atoms with Crippen molar-refractivity contribution in [3.63, 3.8) is 0 Å². The molecule has 0 atom stereocenters. The lowest BCUT2D eigenvalue weighted by Crippen LogP contribution is -2.23. The van der Waals surface area contributed by atoms with Crippen molar-refractivity contribution in [2.24, 2.45) is 0 Å². The monoisotopic (exact) mass is 374 g/mol. The van der Waals surface area contributed by atoms with Crippen LogP contribution in [0.3, 0.4) is 0 Å². The van der Waals surface area contributed by atoms with Crippen molar-refractivity contribution >= 4 is 34.3 Å². The van der Waals surface area contributed by atoms with Gasteiger partial charge < -0.3 is 9.47 Å². The maximum absolute atomic E-state index is 12.0. The lowest BCUT2D eigenvalue weighted by atomic mass is 10.1. The Balaban J connectivity index is 1.50. The Morgan fingerprint density at radius 1 is 1.27 bits per heavy atom. The summed E-state index contributed by atoms with van der Waals surface area (Å²) in [5.74, 6) is -0.736. The van der Waals surface area contributed by atoms with Gasteiger partial charge in [-0.2, -0.15) is 0 Å². The summed E-state index contributed by atoms with van der Waals surface area (Å²) in [5.41, 5.74) is 1.80. The zero-order chi connectivity index (χ0) is 18.5. The van der Waals surface area contributed by atoms with E-state index in [1.165, 1.54) is 18.4 Å². The second kappa shape index (κ2) is 8.09. The topological polar surface area (TPSA) is 85.8 Å². The highest BCUT2D eigenvalue weighted by Crippen LogP contribution is 2.25. The molecule has 3 rings (SSSR count). The largest absolute Gasteiger partial charge is 0.465 e. The number of hydrogen-bond donors (Lipinski definition) is 0. The van der Waals surface area contributed by atoms with Crippen LogP contribution in [-0.4, -0.2) is 36.5 Å². The summed E-state index contributed by atoms with van der Waals surface area (Å²) in [6, 6.07) is 6.66. The molecule has 1 aromatic heterocycles. The molecule has 2 aromatic rings. The number of carbonyl (C=O) groups excluding carboxylic acids is 3. The van der Waals surface area contributed by atoms with E-state index < -0.39 is 11.9 Å². The number of nitrogens with zero attached hydrogens (tertiary/aromatic N) is 2. The van der Waals surface area contributed by atoms with Crippen molar-refractivity contribution in [2.75, 3.05) is 18.6 Å². The highest BCUT2D eigenvalue weighted by Gasteiger charge is 2.24. The molecule has 1 fully saturated rings. The number of esters is 2. The molecule has 1 aromatic carbocycles. The number of amides is 1. The van der Waals surface area contributed by atoms with Crippen LogP contribution in [0, 0.1) is 0 Å². The molecule has 0 unspecified atom stereocenters. The summed E-state index contributed by atoms with van der Waals surface area (Å²) in [5, 5.41) is 2.40. The first-order valence-corrected chi connectivity index (χ1v) is 9.02. The van der Waals surface area contributed by atoms with E-state index in [2.05, 4.69) is 9.72 Å². The maximum atomic E-state index is 12.0.